The third-order valence-electron chi connectivity index (χ3n) is 5.34. The van der Waals surface area contributed by atoms with Crippen LogP contribution in [0.2, 0.25) is 5.02 Å². The van der Waals surface area contributed by atoms with E-state index >= 15 is 0 Å². The van der Waals surface area contributed by atoms with Crippen LogP contribution in [-0.4, -0.2) is 24.6 Å². The first kappa shape index (κ1) is 19.3. The van der Waals surface area contributed by atoms with Crippen molar-refractivity contribution < 1.29 is 9.53 Å². The maximum absolute atomic E-state index is 13.4. The quantitative estimate of drug-likeness (QED) is 0.593. The zero-order valence-electron chi connectivity index (χ0n) is 16.5. The fraction of sp³-hybridized carbons (Fsp3) is 0.208. The van der Waals surface area contributed by atoms with Gasteiger partial charge in [-0.25, -0.2) is 4.79 Å². The maximum atomic E-state index is 13.4. The van der Waals surface area contributed by atoms with Gasteiger partial charge in [-0.1, -0.05) is 60.1 Å². The van der Waals surface area contributed by atoms with E-state index in [9.17, 15) is 4.79 Å². The van der Waals surface area contributed by atoms with Crippen LogP contribution in [0.4, 0.5) is 10.5 Å². The number of benzene rings is 3. The molecule has 0 aliphatic carbocycles. The first-order valence-electron chi connectivity index (χ1n) is 9.63. The molecule has 148 valence electrons. The summed E-state index contributed by atoms with van der Waals surface area (Å²) < 4.78 is 5.42. The van der Waals surface area contributed by atoms with Gasteiger partial charge in [0.05, 0.1) is 18.8 Å². The second-order valence-corrected chi connectivity index (χ2v) is 7.61. The van der Waals surface area contributed by atoms with E-state index in [4.69, 9.17) is 16.3 Å². The Morgan fingerprint density at radius 2 is 1.79 bits per heavy atom. The predicted molar refractivity (Wildman–Crippen MR) is 117 cm³/mol. The Hall–Kier alpha value is -2.98. The van der Waals surface area contributed by atoms with Crippen molar-refractivity contribution in [1.29, 1.82) is 0 Å². The standard InChI is InChI=1S/C24H23ClN2O2/c1-16-11-12-22(29-2)21(15-16)26-24(28)27-14-13-17-7-3-4-8-18(17)23(27)19-9-5-6-10-20(19)25/h3-12,15,23H,13-14H2,1-2H3,(H,26,28)/t23-/m1/s1. The van der Waals surface area contributed by atoms with Gasteiger partial charge < -0.3 is 15.0 Å². The topological polar surface area (TPSA) is 41.6 Å². The fourth-order valence-electron chi connectivity index (χ4n) is 3.92. The summed E-state index contributed by atoms with van der Waals surface area (Å²) in [5.41, 5.74) is 4.99. The SMILES string of the molecule is COc1ccc(C)cc1NC(=O)N1CCc2ccccc2[C@@H]1c1ccccc1Cl. The minimum atomic E-state index is -0.246. The first-order chi connectivity index (χ1) is 14.1. The van der Waals surface area contributed by atoms with Crippen molar-refractivity contribution in [1.82, 2.24) is 4.90 Å². The molecule has 0 saturated carbocycles. The van der Waals surface area contributed by atoms with Crippen molar-refractivity contribution in [2.45, 2.75) is 19.4 Å². The van der Waals surface area contributed by atoms with E-state index in [1.165, 1.54) is 5.56 Å². The number of ether oxygens (including phenoxy) is 1. The highest BCUT2D eigenvalue weighted by atomic mass is 35.5. The highest BCUT2D eigenvalue weighted by Gasteiger charge is 2.33. The van der Waals surface area contributed by atoms with Crippen molar-refractivity contribution in [2.24, 2.45) is 0 Å². The first-order valence-corrected chi connectivity index (χ1v) is 10.0. The number of fused-ring (bicyclic) bond motifs is 1. The Balaban J connectivity index is 1.73. The van der Waals surface area contributed by atoms with Gasteiger partial charge >= 0.3 is 6.03 Å². The molecule has 1 heterocycles. The molecule has 1 N–H and O–H groups in total. The van der Waals surface area contributed by atoms with Gasteiger partial charge in [-0.3, -0.25) is 0 Å². The summed E-state index contributed by atoms with van der Waals surface area (Å²) in [5, 5.41) is 3.69. The second kappa shape index (κ2) is 8.18. The van der Waals surface area contributed by atoms with Crippen molar-refractivity contribution in [2.75, 3.05) is 19.0 Å². The van der Waals surface area contributed by atoms with E-state index in [1.54, 1.807) is 7.11 Å². The summed E-state index contributed by atoms with van der Waals surface area (Å²) in [6.45, 7) is 2.59. The molecule has 4 rings (SSSR count). The van der Waals surface area contributed by atoms with Crippen LogP contribution in [0.25, 0.3) is 0 Å². The molecule has 0 unspecified atom stereocenters. The maximum Gasteiger partial charge on any atom is 0.322 e. The van der Waals surface area contributed by atoms with Crippen LogP contribution in [0, 0.1) is 6.92 Å². The molecule has 1 aliphatic heterocycles. The van der Waals surface area contributed by atoms with E-state index < -0.39 is 0 Å². The van der Waals surface area contributed by atoms with Crippen LogP contribution in [0.15, 0.2) is 66.7 Å². The number of nitrogens with zero attached hydrogens (tertiary/aromatic N) is 1. The lowest BCUT2D eigenvalue weighted by atomic mass is 9.88. The van der Waals surface area contributed by atoms with Gasteiger partial charge in [-0.2, -0.15) is 0 Å². The van der Waals surface area contributed by atoms with Crippen molar-refractivity contribution in [3.05, 3.63) is 94.0 Å². The molecule has 3 aromatic carbocycles. The lowest BCUT2D eigenvalue weighted by Crippen LogP contribution is -2.43. The molecule has 0 saturated heterocycles. The van der Waals surface area contributed by atoms with Crippen molar-refractivity contribution in [3.8, 4) is 5.75 Å². The molecule has 0 aromatic heterocycles. The monoisotopic (exact) mass is 406 g/mol. The van der Waals surface area contributed by atoms with Crippen LogP contribution < -0.4 is 10.1 Å². The third kappa shape index (κ3) is 3.81. The molecule has 3 aromatic rings. The normalized spacial score (nSPS) is 15.6. The van der Waals surface area contributed by atoms with Gasteiger partial charge in [0, 0.05) is 11.6 Å². The van der Waals surface area contributed by atoms with Gasteiger partial charge in [0.15, 0.2) is 0 Å². The van der Waals surface area contributed by atoms with Gasteiger partial charge in [-0.05, 0) is 53.8 Å². The summed E-state index contributed by atoms with van der Waals surface area (Å²) in [5.74, 6) is 0.635. The van der Waals surface area contributed by atoms with E-state index in [0.29, 0.717) is 23.0 Å². The molecule has 4 nitrogen and oxygen atoms in total. The number of carbonyl (C=O) groups excluding carboxylic acids is 1. The number of urea groups is 1. The van der Waals surface area contributed by atoms with Crippen molar-refractivity contribution in [3.63, 3.8) is 0 Å². The number of rotatable bonds is 3. The van der Waals surface area contributed by atoms with E-state index in [0.717, 1.165) is 23.1 Å². The average Bonchev–Trinajstić information content (AvgIpc) is 2.73. The van der Waals surface area contributed by atoms with E-state index in [2.05, 4.69) is 17.4 Å². The molecule has 5 heteroatoms. The van der Waals surface area contributed by atoms with Crippen LogP contribution in [0.1, 0.15) is 28.3 Å². The fourth-order valence-corrected chi connectivity index (χ4v) is 4.16. The summed E-state index contributed by atoms with van der Waals surface area (Å²) in [7, 11) is 1.60. The minimum absolute atomic E-state index is 0.173. The molecule has 0 bridgehead atoms. The molecular formula is C24H23ClN2O2. The number of amides is 2. The molecule has 0 fully saturated rings. The molecule has 1 aliphatic rings. The van der Waals surface area contributed by atoms with Crippen LogP contribution in [0.3, 0.4) is 0 Å². The number of carbonyl (C=O) groups is 1. The lowest BCUT2D eigenvalue weighted by Gasteiger charge is -2.38. The molecule has 0 radical (unpaired) electrons. The Bertz CT molecular complexity index is 1050. The minimum Gasteiger partial charge on any atom is -0.495 e. The highest BCUT2D eigenvalue weighted by Crippen LogP contribution is 2.38. The van der Waals surface area contributed by atoms with Crippen LogP contribution >= 0.6 is 11.6 Å². The van der Waals surface area contributed by atoms with Gasteiger partial charge in [0.25, 0.3) is 0 Å². The summed E-state index contributed by atoms with van der Waals surface area (Å²) in [4.78, 5) is 15.2. The highest BCUT2D eigenvalue weighted by molar-refractivity contribution is 6.31. The molecule has 0 spiro atoms. The molecule has 2 amide bonds. The number of halogens is 1. The van der Waals surface area contributed by atoms with E-state index in [-0.39, 0.29) is 12.1 Å². The smallest absolute Gasteiger partial charge is 0.322 e. The Morgan fingerprint density at radius 1 is 1.07 bits per heavy atom. The zero-order valence-corrected chi connectivity index (χ0v) is 17.2. The van der Waals surface area contributed by atoms with Gasteiger partial charge in [0.1, 0.15) is 5.75 Å². The van der Waals surface area contributed by atoms with Gasteiger partial charge in [0.2, 0.25) is 0 Å². The van der Waals surface area contributed by atoms with Crippen LogP contribution in [-0.2, 0) is 6.42 Å². The number of hydrogen-bond acceptors (Lipinski definition) is 2. The average molecular weight is 407 g/mol. The molecule has 29 heavy (non-hydrogen) atoms. The third-order valence-corrected chi connectivity index (χ3v) is 5.68. The second-order valence-electron chi connectivity index (χ2n) is 7.20. The number of nitrogens with one attached hydrogen (secondary N) is 1. The number of aryl methyl sites for hydroxylation is 1. The molecular weight excluding hydrogens is 384 g/mol. The van der Waals surface area contributed by atoms with Gasteiger partial charge in [-0.15, -0.1) is 0 Å². The summed E-state index contributed by atoms with van der Waals surface area (Å²) in [6, 6.07) is 21.3. The predicted octanol–water partition coefficient (Wildman–Crippen LogP) is 5.84. The Labute approximate surface area is 176 Å². The Morgan fingerprint density at radius 3 is 2.55 bits per heavy atom. The molecule has 1 atom stereocenters. The lowest BCUT2D eigenvalue weighted by molar-refractivity contribution is 0.194. The van der Waals surface area contributed by atoms with Crippen molar-refractivity contribution >= 4 is 23.3 Å². The largest absolute Gasteiger partial charge is 0.495 e. The number of anilines is 1. The number of hydrogen-bond donors (Lipinski definition) is 1. The zero-order chi connectivity index (χ0) is 20.4. The van der Waals surface area contributed by atoms with Crippen LogP contribution in [0.5, 0.6) is 5.75 Å². The summed E-state index contributed by atoms with van der Waals surface area (Å²) >= 11 is 6.54. The number of methoxy groups -OCH3 is 1. The van der Waals surface area contributed by atoms with E-state index in [1.807, 2.05) is 66.4 Å². The Kier molecular flexibility index (Phi) is 5.45. The summed E-state index contributed by atoms with van der Waals surface area (Å²) in [6.07, 6.45) is 0.801.